The Labute approximate surface area is 135 Å². The topological polar surface area (TPSA) is 29.5 Å². The lowest BCUT2D eigenvalue weighted by Gasteiger charge is -2.35. The molecule has 1 aliphatic rings. The van der Waals surface area contributed by atoms with Crippen LogP contribution in [0.3, 0.4) is 0 Å². The standard InChI is InChI=1S/C14H29N2O2.HI/c1-4-16(5-2,6-3)12-13-18-14(17)15-10-8-7-9-11-15;/h4-13H2,1-3H3;1H/q+1;/p-1. The minimum absolute atomic E-state index is 0. The first-order chi connectivity index (χ1) is 8.67. The number of carbonyl (C=O) groups is 1. The molecule has 4 nitrogen and oxygen atoms in total. The molecule has 1 saturated heterocycles. The van der Waals surface area contributed by atoms with Crippen molar-refractivity contribution >= 4 is 6.09 Å². The molecule has 1 fully saturated rings. The van der Waals surface area contributed by atoms with Gasteiger partial charge in [0.1, 0.15) is 13.2 Å². The van der Waals surface area contributed by atoms with Gasteiger partial charge in [0.15, 0.2) is 0 Å². The molecule has 0 N–H and O–H groups in total. The van der Waals surface area contributed by atoms with E-state index in [4.69, 9.17) is 4.74 Å². The van der Waals surface area contributed by atoms with Crippen molar-refractivity contribution in [1.82, 2.24) is 4.90 Å². The van der Waals surface area contributed by atoms with E-state index in [2.05, 4.69) is 20.8 Å². The number of hydrogen-bond donors (Lipinski definition) is 0. The van der Waals surface area contributed by atoms with Crippen LogP contribution in [0.2, 0.25) is 0 Å². The molecule has 19 heavy (non-hydrogen) atoms. The van der Waals surface area contributed by atoms with Crippen LogP contribution in [0.25, 0.3) is 0 Å². The molecule has 1 rings (SSSR count). The predicted molar refractivity (Wildman–Crippen MR) is 73.5 cm³/mol. The molecule has 1 aliphatic heterocycles. The van der Waals surface area contributed by atoms with Gasteiger partial charge in [-0.25, -0.2) is 4.79 Å². The normalized spacial score (nSPS) is 15.8. The number of carbonyl (C=O) groups excluding carboxylic acids is 1. The zero-order valence-electron chi connectivity index (χ0n) is 12.7. The van der Waals surface area contributed by atoms with Gasteiger partial charge in [0.25, 0.3) is 0 Å². The van der Waals surface area contributed by atoms with Gasteiger partial charge in [0.2, 0.25) is 0 Å². The van der Waals surface area contributed by atoms with Crippen LogP contribution < -0.4 is 24.0 Å². The number of rotatable bonds is 6. The van der Waals surface area contributed by atoms with E-state index in [-0.39, 0.29) is 30.1 Å². The number of amides is 1. The third-order valence-corrected chi connectivity index (χ3v) is 4.42. The number of likely N-dealkylation sites (tertiary alicyclic amines) is 1. The minimum atomic E-state index is -0.115. The zero-order valence-corrected chi connectivity index (χ0v) is 14.8. The van der Waals surface area contributed by atoms with E-state index in [9.17, 15) is 4.79 Å². The van der Waals surface area contributed by atoms with Gasteiger partial charge in [0.05, 0.1) is 19.6 Å². The molecule has 0 unspecified atom stereocenters. The van der Waals surface area contributed by atoms with E-state index < -0.39 is 0 Å². The first-order valence-corrected chi connectivity index (χ1v) is 7.44. The summed E-state index contributed by atoms with van der Waals surface area (Å²) in [6, 6.07) is 0. The molecule has 0 spiro atoms. The molecule has 1 heterocycles. The fourth-order valence-corrected chi connectivity index (χ4v) is 2.64. The lowest BCUT2D eigenvalue weighted by Crippen LogP contribution is -3.00. The lowest BCUT2D eigenvalue weighted by atomic mass is 10.1. The summed E-state index contributed by atoms with van der Waals surface area (Å²) in [5.41, 5.74) is 0. The smallest absolute Gasteiger partial charge is 0.409 e. The summed E-state index contributed by atoms with van der Waals surface area (Å²) in [6.45, 7) is 13.2. The lowest BCUT2D eigenvalue weighted by molar-refractivity contribution is -0.923. The monoisotopic (exact) mass is 384 g/mol. The van der Waals surface area contributed by atoms with Crippen molar-refractivity contribution in [3.8, 4) is 0 Å². The highest BCUT2D eigenvalue weighted by molar-refractivity contribution is 5.67. The van der Waals surface area contributed by atoms with Crippen molar-refractivity contribution in [2.75, 3.05) is 45.9 Å². The van der Waals surface area contributed by atoms with Gasteiger partial charge >= 0.3 is 6.09 Å². The van der Waals surface area contributed by atoms with Crippen LogP contribution in [0.4, 0.5) is 4.79 Å². The van der Waals surface area contributed by atoms with Gasteiger partial charge in [-0.05, 0) is 40.0 Å². The molecule has 0 aromatic heterocycles. The van der Waals surface area contributed by atoms with Gasteiger partial charge in [-0.1, -0.05) is 0 Å². The molecule has 0 bridgehead atoms. The maximum Gasteiger partial charge on any atom is 0.409 e. The number of quaternary nitrogens is 1. The molecule has 0 aromatic rings. The van der Waals surface area contributed by atoms with Gasteiger partial charge in [-0.15, -0.1) is 0 Å². The summed E-state index contributed by atoms with van der Waals surface area (Å²) in [6.07, 6.45) is 3.36. The Morgan fingerprint density at radius 2 is 1.58 bits per heavy atom. The van der Waals surface area contributed by atoms with Crippen molar-refractivity contribution < 1.29 is 38.0 Å². The van der Waals surface area contributed by atoms with E-state index in [1.54, 1.807) is 0 Å². The van der Waals surface area contributed by atoms with Crippen LogP contribution in [0.1, 0.15) is 40.0 Å². The molecule has 114 valence electrons. The molecule has 0 aliphatic carbocycles. The second-order valence-electron chi connectivity index (χ2n) is 5.18. The van der Waals surface area contributed by atoms with Crippen molar-refractivity contribution in [3.05, 3.63) is 0 Å². The maximum absolute atomic E-state index is 11.8. The molecule has 0 atom stereocenters. The third-order valence-electron chi connectivity index (χ3n) is 4.42. The number of hydrogen-bond acceptors (Lipinski definition) is 2. The van der Waals surface area contributed by atoms with E-state index >= 15 is 0 Å². The average Bonchev–Trinajstić information content (AvgIpc) is 2.45. The second kappa shape index (κ2) is 9.80. The van der Waals surface area contributed by atoms with Crippen molar-refractivity contribution in [2.45, 2.75) is 40.0 Å². The van der Waals surface area contributed by atoms with Gasteiger partial charge < -0.3 is 38.1 Å². The Morgan fingerprint density at radius 3 is 2.05 bits per heavy atom. The highest BCUT2D eigenvalue weighted by atomic mass is 127. The van der Waals surface area contributed by atoms with Crippen LogP contribution >= 0.6 is 0 Å². The summed E-state index contributed by atoms with van der Waals surface area (Å²) in [5, 5.41) is 0. The van der Waals surface area contributed by atoms with E-state index in [1.807, 2.05) is 4.90 Å². The Morgan fingerprint density at radius 1 is 1.05 bits per heavy atom. The summed E-state index contributed by atoms with van der Waals surface area (Å²) in [7, 11) is 0. The van der Waals surface area contributed by atoms with Gasteiger partial charge in [-0.2, -0.15) is 0 Å². The summed E-state index contributed by atoms with van der Waals surface area (Å²) < 4.78 is 6.45. The molecule has 0 radical (unpaired) electrons. The minimum Gasteiger partial charge on any atom is -1.00 e. The predicted octanol–water partition coefficient (Wildman–Crippen LogP) is -0.511. The van der Waals surface area contributed by atoms with Crippen molar-refractivity contribution in [2.24, 2.45) is 0 Å². The van der Waals surface area contributed by atoms with Crippen molar-refractivity contribution in [3.63, 3.8) is 0 Å². The maximum atomic E-state index is 11.8. The van der Waals surface area contributed by atoms with Crippen LogP contribution in [-0.2, 0) is 4.74 Å². The quantitative estimate of drug-likeness (QED) is 0.456. The van der Waals surface area contributed by atoms with Gasteiger partial charge in [0, 0.05) is 13.1 Å². The van der Waals surface area contributed by atoms with E-state index in [0.717, 1.165) is 56.6 Å². The summed E-state index contributed by atoms with van der Waals surface area (Å²) >= 11 is 0. The molecule has 1 amide bonds. The Balaban J connectivity index is 0.00000324. The van der Waals surface area contributed by atoms with Gasteiger partial charge in [-0.3, -0.25) is 0 Å². The number of nitrogens with zero attached hydrogens (tertiary/aromatic N) is 2. The second-order valence-corrected chi connectivity index (χ2v) is 5.18. The van der Waals surface area contributed by atoms with Crippen LogP contribution in [0.15, 0.2) is 0 Å². The van der Waals surface area contributed by atoms with Crippen LogP contribution in [0.5, 0.6) is 0 Å². The molecular formula is C14H29IN2O2. The number of piperidine rings is 1. The number of likely N-dealkylation sites (N-methyl/N-ethyl adjacent to an activating group) is 1. The van der Waals surface area contributed by atoms with Crippen LogP contribution in [-0.4, -0.2) is 61.4 Å². The largest absolute Gasteiger partial charge is 1.00 e. The molecule has 5 heteroatoms. The first kappa shape index (κ1) is 19.0. The number of halogens is 1. The highest BCUT2D eigenvalue weighted by Crippen LogP contribution is 2.10. The van der Waals surface area contributed by atoms with E-state index in [0.29, 0.717) is 6.61 Å². The average molecular weight is 384 g/mol. The SMILES string of the molecule is CC[N+](CC)(CC)CCOC(=O)N1CCCCC1.[I-]. The first-order valence-electron chi connectivity index (χ1n) is 7.44. The Kier molecular flexibility index (Phi) is 9.78. The van der Waals surface area contributed by atoms with Crippen LogP contribution in [0, 0.1) is 0 Å². The summed E-state index contributed by atoms with van der Waals surface area (Å²) in [4.78, 5) is 13.7. The Hall–Kier alpha value is -0.0400. The fraction of sp³-hybridized carbons (Fsp3) is 0.929. The van der Waals surface area contributed by atoms with Crippen molar-refractivity contribution in [1.29, 1.82) is 0 Å². The third kappa shape index (κ3) is 5.85. The van der Waals surface area contributed by atoms with E-state index in [1.165, 1.54) is 6.42 Å². The number of ether oxygens (including phenoxy) is 1. The zero-order chi connectivity index (χ0) is 13.4. The molecule has 0 aromatic carbocycles. The highest BCUT2D eigenvalue weighted by Gasteiger charge is 2.22. The Bertz CT molecular complexity index is 244. The molecular weight excluding hydrogens is 355 g/mol. The molecule has 0 saturated carbocycles. The summed E-state index contributed by atoms with van der Waals surface area (Å²) in [5.74, 6) is 0. The fourth-order valence-electron chi connectivity index (χ4n) is 2.64.